The van der Waals surface area contributed by atoms with Gasteiger partial charge >= 0.3 is 6.18 Å². The van der Waals surface area contributed by atoms with Gasteiger partial charge in [0.05, 0.1) is 12.1 Å². The van der Waals surface area contributed by atoms with E-state index in [1.807, 2.05) is 36.0 Å². The number of nitrogens with one attached hydrogen (secondary N) is 2. The van der Waals surface area contributed by atoms with Gasteiger partial charge in [0.15, 0.2) is 5.96 Å². The van der Waals surface area contributed by atoms with Gasteiger partial charge in [-0.1, -0.05) is 12.1 Å². The minimum Gasteiger partial charge on any atom is -0.357 e. The molecule has 0 saturated carbocycles. The lowest BCUT2D eigenvalue weighted by atomic mass is 10.1. The standard InChI is InChI=1S/C17H21F3N4/c1-2-21-16(22-8-11-24-9-3-4-10-24)23-13-14-6-5-7-15(12-14)17(18,19)20/h3-7,9-10,12H,2,8,11,13H2,1H3,(H2,21,22,23). The predicted octanol–water partition coefficient (Wildman–Crippen LogP) is 3.26. The van der Waals surface area contributed by atoms with Crippen LogP contribution in [0.1, 0.15) is 18.1 Å². The van der Waals surface area contributed by atoms with Gasteiger partial charge in [0, 0.05) is 32.0 Å². The molecule has 130 valence electrons. The van der Waals surface area contributed by atoms with Crippen LogP contribution in [0.15, 0.2) is 53.8 Å². The van der Waals surface area contributed by atoms with Gasteiger partial charge in [-0.15, -0.1) is 0 Å². The summed E-state index contributed by atoms with van der Waals surface area (Å²) in [7, 11) is 0. The van der Waals surface area contributed by atoms with Crippen LogP contribution in [0, 0.1) is 0 Å². The molecule has 0 spiro atoms. The molecule has 1 heterocycles. The largest absolute Gasteiger partial charge is 0.416 e. The van der Waals surface area contributed by atoms with Gasteiger partial charge in [0.2, 0.25) is 0 Å². The summed E-state index contributed by atoms with van der Waals surface area (Å²) in [5, 5.41) is 6.26. The lowest BCUT2D eigenvalue weighted by Crippen LogP contribution is -2.38. The van der Waals surface area contributed by atoms with Gasteiger partial charge in [-0.3, -0.25) is 0 Å². The number of nitrogens with zero attached hydrogens (tertiary/aromatic N) is 2. The lowest BCUT2D eigenvalue weighted by Gasteiger charge is -2.12. The third kappa shape index (κ3) is 5.64. The summed E-state index contributed by atoms with van der Waals surface area (Å²) in [6.45, 7) is 4.25. The Morgan fingerprint density at radius 3 is 2.54 bits per heavy atom. The number of benzene rings is 1. The second kappa shape index (κ2) is 8.42. The summed E-state index contributed by atoms with van der Waals surface area (Å²) in [4.78, 5) is 4.34. The molecule has 0 atom stereocenters. The second-order valence-corrected chi connectivity index (χ2v) is 5.24. The van der Waals surface area contributed by atoms with Crippen LogP contribution >= 0.6 is 0 Å². The molecule has 0 saturated heterocycles. The summed E-state index contributed by atoms with van der Waals surface area (Å²) >= 11 is 0. The Balaban J connectivity index is 1.94. The van der Waals surface area contributed by atoms with E-state index in [1.165, 1.54) is 6.07 Å². The smallest absolute Gasteiger partial charge is 0.357 e. The highest BCUT2D eigenvalue weighted by Gasteiger charge is 2.30. The van der Waals surface area contributed by atoms with Gasteiger partial charge in [-0.25, -0.2) is 4.99 Å². The molecule has 0 bridgehead atoms. The molecular formula is C17H21F3N4. The molecule has 1 aromatic carbocycles. The third-order valence-electron chi connectivity index (χ3n) is 3.35. The van der Waals surface area contributed by atoms with Crippen LogP contribution in [-0.4, -0.2) is 23.6 Å². The maximum absolute atomic E-state index is 12.7. The van der Waals surface area contributed by atoms with Crippen LogP contribution in [0.3, 0.4) is 0 Å². The van der Waals surface area contributed by atoms with Crippen LogP contribution in [0.5, 0.6) is 0 Å². The molecule has 2 rings (SSSR count). The average Bonchev–Trinajstić information content (AvgIpc) is 3.05. The monoisotopic (exact) mass is 338 g/mol. The van der Waals surface area contributed by atoms with Crippen LogP contribution in [0.4, 0.5) is 13.2 Å². The Hall–Kier alpha value is -2.44. The van der Waals surface area contributed by atoms with Crippen molar-refractivity contribution in [1.82, 2.24) is 15.2 Å². The highest BCUT2D eigenvalue weighted by Crippen LogP contribution is 2.29. The number of aromatic nitrogens is 1. The van der Waals surface area contributed by atoms with Crippen molar-refractivity contribution >= 4 is 5.96 Å². The van der Waals surface area contributed by atoms with Crippen molar-refractivity contribution in [3.63, 3.8) is 0 Å². The van der Waals surface area contributed by atoms with Crippen LogP contribution in [0.2, 0.25) is 0 Å². The fraction of sp³-hybridized carbons (Fsp3) is 0.353. The number of alkyl halides is 3. The van der Waals surface area contributed by atoms with E-state index in [-0.39, 0.29) is 6.54 Å². The van der Waals surface area contributed by atoms with Crippen molar-refractivity contribution in [2.45, 2.75) is 26.2 Å². The molecule has 0 amide bonds. The van der Waals surface area contributed by atoms with E-state index in [1.54, 1.807) is 6.07 Å². The average molecular weight is 338 g/mol. The maximum Gasteiger partial charge on any atom is 0.416 e. The Morgan fingerprint density at radius 1 is 1.12 bits per heavy atom. The van der Waals surface area contributed by atoms with Crippen molar-refractivity contribution in [2.75, 3.05) is 13.1 Å². The zero-order valence-corrected chi connectivity index (χ0v) is 13.5. The van der Waals surface area contributed by atoms with E-state index in [0.29, 0.717) is 24.6 Å². The number of hydrogen-bond donors (Lipinski definition) is 2. The first-order chi connectivity index (χ1) is 11.5. The number of halogens is 3. The van der Waals surface area contributed by atoms with E-state index in [4.69, 9.17) is 0 Å². The van der Waals surface area contributed by atoms with Gasteiger partial charge in [-0.05, 0) is 36.8 Å². The molecule has 0 unspecified atom stereocenters. The van der Waals surface area contributed by atoms with Crippen molar-refractivity contribution in [1.29, 1.82) is 0 Å². The van der Waals surface area contributed by atoms with E-state index < -0.39 is 11.7 Å². The first-order valence-corrected chi connectivity index (χ1v) is 7.78. The highest BCUT2D eigenvalue weighted by molar-refractivity contribution is 5.79. The summed E-state index contributed by atoms with van der Waals surface area (Å²) < 4.78 is 40.2. The Labute approximate surface area is 139 Å². The molecule has 2 aromatic rings. The number of hydrogen-bond acceptors (Lipinski definition) is 1. The lowest BCUT2D eigenvalue weighted by molar-refractivity contribution is -0.137. The summed E-state index contributed by atoms with van der Waals surface area (Å²) in [6, 6.07) is 9.14. The summed E-state index contributed by atoms with van der Waals surface area (Å²) in [5.74, 6) is 0.585. The van der Waals surface area contributed by atoms with Crippen molar-refractivity contribution < 1.29 is 13.2 Å². The van der Waals surface area contributed by atoms with Gasteiger partial charge in [0.1, 0.15) is 0 Å². The van der Waals surface area contributed by atoms with E-state index in [9.17, 15) is 13.2 Å². The Morgan fingerprint density at radius 2 is 1.88 bits per heavy atom. The SMILES string of the molecule is CCNC(=NCc1cccc(C(F)(F)F)c1)NCCn1cccc1. The second-order valence-electron chi connectivity index (χ2n) is 5.24. The fourth-order valence-electron chi connectivity index (χ4n) is 2.18. The third-order valence-corrected chi connectivity index (χ3v) is 3.35. The quantitative estimate of drug-likeness (QED) is 0.627. The van der Waals surface area contributed by atoms with Crippen LogP contribution < -0.4 is 10.6 Å². The number of rotatable bonds is 6. The topological polar surface area (TPSA) is 41.4 Å². The van der Waals surface area contributed by atoms with Gasteiger partial charge in [-0.2, -0.15) is 13.2 Å². The maximum atomic E-state index is 12.7. The minimum absolute atomic E-state index is 0.183. The molecule has 0 aliphatic carbocycles. The normalized spacial score (nSPS) is 12.2. The van der Waals surface area contributed by atoms with Crippen LogP contribution in [-0.2, 0) is 19.3 Å². The Bertz CT molecular complexity index is 648. The van der Waals surface area contributed by atoms with E-state index in [2.05, 4.69) is 15.6 Å². The van der Waals surface area contributed by atoms with E-state index >= 15 is 0 Å². The summed E-state index contributed by atoms with van der Waals surface area (Å²) in [6.07, 6.45) is -0.401. The van der Waals surface area contributed by atoms with Crippen molar-refractivity contribution in [3.8, 4) is 0 Å². The van der Waals surface area contributed by atoms with Gasteiger partial charge in [0.25, 0.3) is 0 Å². The predicted molar refractivity (Wildman–Crippen MR) is 88.7 cm³/mol. The zero-order chi connectivity index (χ0) is 17.4. The molecule has 0 radical (unpaired) electrons. The molecule has 0 aliphatic rings. The molecule has 0 aliphatic heterocycles. The molecule has 7 heteroatoms. The molecule has 2 N–H and O–H groups in total. The van der Waals surface area contributed by atoms with Gasteiger partial charge < -0.3 is 15.2 Å². The first-order valence-electron chi connectivity index (χ1n) is 7.78. The minimum atomic E-state index is -4.33. The molecule has 0 fully saturated rings. The highest BCUT2D eigenvalue weighted by atomic mass is 19.4. The first kappa shape index (κ1) is 17.9. The van der Waals surface area contributed by atoms with Crippen molar-refractivity contribution in [3.05, 3.63) is 59.9 Å². The molecule has 4 nitrogen and oxygen atoms in total. The summed E-state index contributed by atoms with van der Waals surface area (Å²) in [5.41, 5.74) is -0.131. The van der Waals surface area contributed by atoms with Crippen LogP contribution in [0.25, 0.3) is 0 Å². The van der Waals surface area contributed by atoms with Crippen molar-refractivity contribution in [2.24, 2.45) is 4.99 Å². The number of guanidine groups is 1. The molecule has 24 heavy (non-hydrogen) atoms. The molecular weight excluding hydrogens is 317 g/mol. The van der Waals surface area contributed by atoms with E-state index in [0.717, 1.165) is 18.7 Å². The number of aliphatic imine (C=N–C) groups is 1. The zero-order valence-electron chi connectivity index (χ0n) is 13.5. The molecule has 1 aromatic heterocycles. The Kier molecular flexibility index (Phi) is 6.28. The fourth-order valence-corrected chi connectivity index (χ4v) is 2.18.